The summed E-state index contributed by atoms with van der Waals surface area (Å²) in [7, 11) is 0. The highest BCUT2D eigenvalue weighted by Crippen LogP contribution is 2.31. The lowest BCUT2D eigenvalue weighted by Gasteiger charge is -2.22. The standard InChI is InChI=1S/C12H14N4O4/c13-16-14-4-3-9(17)12(19)7-1-2-8-10(5-7)20-6-11(18)15-8/h1-2,5,9,12,17,19H,3-4,6H2,(H,15,18). The Hall–Kier alpha value is -2.28. The highest BCUT2D eigenvalue weighted by Gasteiger charge is 2.21. The molecule has 0 radical (unpaired) electrons. The quantitative estimate of drug-likeness (QED) is 0.423. The van der Waals surface area contributed by atoms with Crippen molar-refractivity contribution in [3.8, 4) is 5.75 Å². The Kier molecular flexibility index (Phi) is 4.41. The van der Waals surface area contributed by atoms with Crippen molar-refractivity contribution in [2.45, 2.75) is 18.6 Å². The molecule has 0 fully saturated rings. The van der Waals surface area contributed by atoms with Gasteiger partial charge in [0.1, 0.15) is 11.9 Å². The van der Waals surface area contributed by atoms with E-state index in [4.69, 9.17) is 10.3 Å². The van der Waals surface area contributed by atoms with E-state index in [1.165, 1.54) is 0 Å². The number of carbonyl (C=O) groups is 1. The molecule has 2 atom stereocenters. The second-order valence-electron chi connectivity index (χ2n) is 4.35. The van der Waals surface area contributed by atoms with Crippen molar-refractivity contribution in [3.05, 3.63) is 34.2 Å². The Morgan fingerprint density at radius 2 is 2.30 bits per heavy atom. The molecule has 0 saturated heterocycles. The highest BCUT2D eigenvalue weighted by atomic mass is 16.5. The van der Waals surface area contributed by atoms with E-state index in [0.29, 0.717) is 17.0 Å². The summed E-state index contributed by atoms with van der Waals surface area (Å²) >= 11 is 0. The number of fused-ring (bicyclic) bond motifs is 1. The molecule has 0 saturated carbocycles. The number of rotatable bonds is 5. The number of nitrogens with zero attached hydrogens (tertiary/aromatic N) is 3. The lowest BCUT2D eigenvalue weighted by atomic mass is 10.0. The lowest BCUT2D eigenvalue weighted by molar-refractivity contribution is -0.118. The zero-order valence-electron chi connectivity index (χ0n) is 10.6. The summed E-state index contributed by atoms with van der Waals surface area (Å²) in [6, 6.07) is 4.76. The van der Waals surface area contributed by atoms with Crippen molar-refractivity contribution in [1.82, 2.24) is 0 Å². The maximum absolute atomic E-state index is 11.1. The third kappa shape index (κ3) is 3.18. The lowest BCUT2D eigenvalue weighted by Crippen LogP contribution is -2.26. The molecule has 0 aromatic heterocycles. The number of aliphatic hydroxyl groups is 2. The van der Waals surface area contributed by atoms with E-state index >= 15 is 0 Å². The Labute approximate surface area is 114 Å². The molecule has 8 heteroatoms. The van der Waals surface area contributed by atoms with E-state index in [9.17, 15) is 15.0 Å². The van der Waals surface area contributed by atoms with Crippen molar-refractivity contribution in [2.75, 3.05) is 18.5 Å². The average Bonchev–Trinajstić information content (AvgIpc) is 2.46. The smallest absolute Gasteiger partial charge is 0.262 e. The molecule has 20 heavy (non-hydrogen) atoms. The van der Waals surface area contributed by atoms with Crippen LogP contribution in [0.1, 0.15) is 18.1 Å². The summed E-state index contributed by atoms with van der Waals surface area (Å²) in [5, 5.41) is 25.8. The van der Waals surface area contributed by atoms with Crippen LogP contribution in [0.2, 0.25) is 0 Å². The van der Waals surface area contributed by atoms with Gasteiger partial charge in [0.05, 0.1) is 11.8 Å². The van der Waals surface area contributed by atoms with Crippen LogP contribution in [-0.4, -0.2) is 35.4 Å². The predicted octanol–water partition coefficient (Wildman–Crippen LogP) is 1.11. The Morgan fingerprint density at radius 1 is 1.50 bits per heavy atom. The van der Waals surface area contributed by atoms with Gasteiger partial charge < -0.3 is 20.3 Å². The van der Waals surface area contributed by atoms with Crippen LogP contribution in [0.25, 0.3) is 10.4 Å². The molecule has 1 amide bonds. The van der Waals surface area contributed by atoms with Gasteiger partial charge in [-0.25, -0.2) is 0 Å². The van der Waals surface area contributed by atoms with Crippen LogP contribution in [0.15, 0.2) is 23.3 Å². The summed E-state index contributed by atoms with van der Waals surface area (Å²) in [5.41, 5.74) is 9.15. The van der Waals surface area contributed by atoms with Crippen molar-refractivity contribution < 1.29 is 19.7 Å². The molecule has 3 N–H and O–H groups in total. The monoisotopic (exact) mass is 278 g/mol. The van der Waals surface area contributed by atoms with Gasteiger partial charge >= 0.3 is 0 Å². The normalized spacial score (nSPS) is 16.2. The summed E-state index contributed by atoms with van der Waals surface area (Å²) < 4.78 is 5.23. The second kappa shape index (κ2) is 6.25. The first-order chi connectivity index (χ1) is 9.61. The van der Waals surface area contributed by atoms with E-state index in [-0.39, 0.29) is 25.5 Å². The number of ether oxygens (including phenoxy) is 1. The molecule has 1 heterocycles. The predicted molar refractivity (Wildman–Crippen MR) is 70.2 cm³/mol. The van der Waals surface area contributed by atoms with E-state index in [1.807, 2.05) is 0 Å². The third-order valence-electron chi connectivity index (χ3n) is 2.93. The van der Waals surface area contributed by atoms with Gasteiger partial charge in [-0.05, 0) is 29.6 Å². The first kappa shape index (κ1) is 14.1. The summed E-state index contributed by atoms with van der Waals surface area (Å²) in [6.45, 7) is 0.0260. The van der Waals surface area contributed by atoms with Gasteiger partial charge in [0.2, 0.25) is 0 Å². The van der Waals surface area contributed by atoms with Crippen molar-refractivity contribution in [2.24, 2.45) is 5.11 Å². The van der Waals surface area contributed by atoms with Crippen LogP contribution >= 0.6 is 0 Å². The number of amides is 1. The number of hydrogen-bond acceptors (Lipinski definition) is 5. The van der Waals surface area contributed by atoms with Gasteiger partial charge in [-0.2, -0.15) is 0 Å². The summed E-state index contributed by atoms with van der Waals surface area (Å²) in [6.07, 6.45) is -2.01. The van der Waals surface area contributed by atoms with Crippen LogP contribution in [0, 0.1) is 0 Å². The van der Waals surface area contributed by atoms with Gasteiger partial charge in [-0.15, -0.1) is 0 Å². The molecule has 106 valence electrons. The van der Waals surface area contributed by atoms with Crippen LogP contribution in [0.4, 0.5) is 5.69 Å². The number of anilines is 1. The van der Waals surface area contributed by atoms with Crippen LogP contribution in [0.5, 0.6) is 5.75 Å². The summed E-state index contributed by atoms with van der Waals surface area (Å²) in [4.78, 5) is 13.7. The largest absolute Gasteiger partial charge is 0.482 e. The first-order valence-corrected chi connectivity index (χ1v) is 6.05. The molecule has 0 aliphatic carbocycles. The molecule has 1 aliphatic rings. The Morgan fingerprint density at radius 3 is 3.05 bits per heavy atom. The molecule has 1 aromatic rings. The number of nitrogens with one attached hydrogen (secondary N) is 1. The van der Waals surface area contributed by atoms with E-state index in [1.54, 1.807) is 18.2 Å². The van der Waals surface area contributed by atoms with Gasteiger partial charge in [-0.3, -0.25) is 4.79 Å². The van der Waals surface area contributed by atoms with Gasteiger partial charge in [0, 0.05) is 11.5 Å². The van der Waals surface area contributed by atoms with Gasteiger partial charge in [0.15, 0.2) is 6.61 Å². The summed E-state index contributed by atoms with van der Waals surface area (Å²) in [5.74, 6) is 0.212. The minimum atomic E-state index is -1.12. The minimum Gasteiger partial charge on any atom is -0.482 e. The fraction of sp³-hybridized carbons (Fsp3) is 0.417. The maximum Gasteiger partial charge on any atom is 0.262 e. The zero-order valence-corrected chi connectivity index (χ0v) is 10.6. The molecule has 2 unspecified atom stereocenters. The molecule has 1 aromatic carbocycles. The first-order valence-electron chi connectivity index (χ1n) is 6.05. The fourth-order valence-corrected chi connectivity index (χ4v) is 1.89. The number of azide groups is 1. The SMILES string of the molecule is [N-]=[N+]=NCCC(O)C(O)c1ccc2c(c1)OCC(=O)N2. The topological polar surface area (TPSA) is 128 Å². The molecular formula is C12H14N4O4. The van der Waals surface area contributed by atoms with E-state index < -0.39 is 12.2 Å². The molecule has 0 spiro atoms. The number of carbonyl (C=O) groups excluding carboxylic acids is 1. The minimum absolute atomic E-state index is 0.0774. The Balaban J connectivity index is 2.08. The van der Waals surface area contributed by atoms with Gasteiger partial charge in [0.25, 0.3) is 5.91 Å². The van der Waals surface area contributed by atoms with Crippen LogP contribution in [-0.2, 0) is 4.79 Å². The molecular weight excluding hydrogens is 264 g/mol. The van der Waals surface area contributed by atoms with Crippen molar-refractivity contribution in [1.29, 1.82) is 0 Å². The molecule has 0 bridgehead atoms. The van der Waals surface area contributed by atoms with E-state index in [0.717, 1.165) is 0 Å². The molecule has 2 rings (SSSR count). The molecule has 1 aliphatic heterocycles. The highest BCUT2D eigenvalue weighted by molar-refractivity contribution is 5.95. The molecule has 8 nitrogen and oxygen atoms in total. The van der Waals surface area contributed by atoms with Crippen LogP contribution < -0.4 is 10.1 Å². The second-order valence-corrected chi connectivity index (χ2v) is 4.35. The van der Waals surface area contributed by atoms with Crippen molar-refractivity contribution in [3.63, 3.8) is 0 Å². The Bertz CT molecular complexity index is 556. The van der Waals surface area contributed by atoms with Crippen molar-refractivity contribution >= 4 is 11.6 Å². The number of hydrogen-bond donors (Lipinski definition) is 3. The van der Waals surface area contributed by atoms with Gasteiger partial charge in [-0.1, -0.05) is 11.2 Å². The third-order valence-corrected chi connectivity index (χ3v) is 2.93. The van der Waals surface area contributed by atoms with E-state index in [2.05, 4.69) is 15.3 Å². The average molecular weight is 278 g/mol. The number of benzene rings is 1. The van der Waals surface area contributed by atoms with Crippen LogP contribution in [0.3, 0.4) is 0 Å². The fourth-order valence-electron chi connectivity index (χ4n) is 1.89. The number of aliphatic hydroxyl groups excluding tert-OH is 2. The maximum atomic E-state index is 11.1. The zero-order chi connectivity index (χ0) is 14.5.